The van der Waals surface area contributed by atoms with Gasteiger partial charge in [-0.1, -0.05) is 20.8 Å². The van der Waals surface area contributed by atoms with Crippen molar-refractivity contribution in [3.8, 4) is 11.5 Å². The lowest BCUT2D eigenvalue weighted by Crippen LogP contribution is -2.00. The van der Waals surface area contributed by atoms with E-state index in [0.29, 0.717) is 12.3 Å². The fourth-order valence-corrected chi connectivity index (χ4v) is 3.44. The van der Waals surface area contributed by atoms with E-state index in [1.807, 2.05) is 12.1 Å². The smallest absolute Gasteiger partial charge is 0.121 e. The molecule has 0 aliphatic rings. The Morgan fingerprint density at radius 1 is 0.962 bits per heavy atom. The summed E-state index contributed by atoms with van der Waals surface area (Å²) in [6.45, 7) is 6.32. The molecule has 0 spiro atoms. The predicted molar refractivity (Wildman–Crippen MR) is 104 cm³/mol. The molecule has 4 N–H and O–H groups in total. The molecule has 2 heterocycles. The van der Waals surface area contributed by atoms with Crippen LogP contribution in [0.5, 0.6) is 11.5 Å². The maximum Gasteiger partial charge on any atom is 0.121 e. The highest BCUT2D eigenvalue weighted by Crippen LogP contribution is 2.33. The van der Waals surface area contributed by atoms with Crippen LogP contribution >= 0.6 is 0 Å². The molecule has 1 atom stereocenters. The van der Waals surface area contributed by atoms with Crippen molar-refractivity contribution in [1.29, 1.82) is 0 Å². The lowest BCUT2D eigenvalue weighted by atomic mass is 9.96. The molecule has 1 unspecified atom stereocenters. The van der Waals surface area contributed by atoms with Crippen molar-refractivity contribution in [2.24, 2.45) is 0 Å². The molecule has 26 heavy (non-hydrogen) atoms. The number of phenols is 2. The Bertz CT molecular complexity index is 1090. The third kappa shape index (κ3) is 2.79. The third-order valence-electron chi connectivity index (χ3n) is 4.97. The van der Waals surface area contributed by atoms with Gasteiger partial charge in [0, 0.05) is 34.0 Å². The lowest BCUT2D eigenvalue weighted by Gasteiger charge is -2.12. The number of fused-ring (bicyclic) bond motifs is 2. The maximum absolute atomic E-state index is 10.4. The Morgan fingerprint density at radius 3 is 2.50 bits per heavy atom. The molecule has 134 valence electrons. The summed E-state index contributed by atoms with van der Waals surface area (Å²) in [6, 6.07) is 11.0. The number of hydrogen-bond donors (Lipinski definition) is 4. The van der Waals surface area contributed by atoms with Gasteiger partial charge in [0.05, 0.1) is 11.0 Å². The number of imidazole rings is 1. The summed E-state index contributed by atoms with van der Waals surface area (Å²) in [5, 5.41) is 21.1. The van der Waals surface area contributed by atoms with Crippen molar-refractivity contribution in [1.82, 2.24) is 15.0 Å². The summed E-state index contributed by atoms with van der Waals surface area (Å²) in [5.74, 6) is 1.94. The number of phenolic OH excluding ortho intramolecular Hbond substituents is 2. The number of nitrogens with one attached hydrogen (secondary N) is 2. The first-order valence-electron chi connectivity index (χ1n) is 8.94. The third-order valence-corrected chi connectivity index (χ3v) is 4.97. The molecule has 2 aromatic heterocycles. The average Bonchev–Trinajstić information content (AvgIpc) is 3.21. The van der Waals surface area contributed by atoms with Gasteiger partial charge in [0.1, 0.15) is 17.3 Å². The Balaban J connectivity index is 1.72. The van der Waals surface area contributed by atoms with E-state index >= 15 is 0 Å². The minimum atomic E-state index is 0.167. The molecular weight excluding hydrogens is 326 g/mol. The van der Waals surface area contributed by atoms with Crippen LogP contribution in [0.2, 0.25) is 0 Å². The fraction of sp³-hybridized carbons (Fsp3) is 0.286. The van der Waals surface area contributed by atoms with Crippen LogP contribution in [-0.2, 0) is 6.42 Å². The van der Waals surface area contributed by atoms with E-state index in [4.69, 9.17) is 4.98 Å². The minimum absolute atomic E-state index is 0.167. The van der Waals surface area contributed by atoms with Gasteiger partial charge in [0.2, 0.25) is 0 Å². The second-order valence-electron chi connectivity index (χ2n) is 7.34. The van der Waals surface area contributed by atoms with Crippen LogP contribution in [0, 0.1) is 0 Å². The van der Waals surface area contributed by atoms with Gasteiger partial charge in [0.15, 0.2) is 0 Å². The summed E-state index contributed by atoms with van der Waals surface area (Å²) >= 11 is 0. The second kappa shape index (κ2) is 6.09. The van der Waals surface area contributed by atoms with Gasteiger partial charge in [-0.2, -0.15) is 0 Å². The highest BCUT2D eigenvalue weighted by Gasteiger charge is 2.18. The number of benzene rings is 2. The zero-order valence-corrected chi connectivity index (χ0v) is 15.2. The van der Waals surface area contributed by atoms with Crippen molar-refractivity contribution < 1.29 is 10.2 Å². The van der Waals surface area contributed by atoms with E-state index in [2.05, 4.69) is 36.8 Å². The summed E-state index contributed by atoms with van der Waals surface area (Å²) in [6.07, 6.45) is 0.671. The van der Waals surface area contributed by atoms with Crippen LogP contribution in [0.25, 0.3) is 21.9 Å². The monoisotopic (exact) mass is 349 g/mol. The summed E-state index contributed by atoms with van der Waals surface area (Å²) < 4.78 is 0. The molecule has 0 amide bonds. The summed E-state index contributed by atoms with van der Waals surface area (Å²) in [7, 11) is 0. The number of H-pyrrole nitrogens is 2. The largest absolute Gasteiger partial charge is 0.508 e. The predicted octanol–water partition coefficient (Wildman–Crippen LogP) is 4.93. The van der Waals surface area contributed by atoms with Crippen LogP contribution < -0.4 is 0 Å². The molecule has 2 aromatic carbocycles. The first-order chi connectivity index (χ1) is 12.4. The number of nitrogens with zero attached hydrogens (tertiary/aromatic N) is 1. The van der Waals surface area contributed by atoms with Crippen molar-refractivity contribution in [3.05, 3.63) is 53.5 Å². The zero-order chi connectivity index (χ0) is 18.4. The molecule has 0 radical (unpaired) electrons. The SMILES string of the molecule is CC(C)c1nc2c(CC(C)c3cc4cc(O)ccc4[nH]3)c(O)ccc2[nH]1. The van der Waals surface area contributed by atoms with Crippen LogP contribution in [-0.4, -0.2) is 25.2 Å². The van der Waals surface area contributed by atoms with Crippen LogP contribution in [0.1, 0.15) is 49.7 Å². The molecule has 5 heteroatoms. The molecule has 5 nitrogen and oxygen atoms in total. The van der Waals surface area contributed by atoms with Gasteiger partial charge in [0.25, 0.3) is 0 Å². The van der Waals surface area contributed by atoms with Crippen molar-refractivity contribution in [2.45, 2.75) is 39.0 Å². The van der Waals surface area contributed by atoms with E-state index < -0.39 is 0 Å². The van der Waals surface area contributed by atoms with Gasteiger partial charge < -0.3 is 20.2 Å². The quantitative estimate of drug-likeness (QED) is 0.422. The second-order valence-corrected chi connectivity index (χ2v) is 7.34. The number of aromatic amines is 2. The first kappa shape index (κ1) is 16.5. The summed E-state index contributed by atoms with van der Waals surface area (Å²) in [4.78, 5) is 11.5. The molecular formula is C21H23N3O2. The molecule has 0 aliphatic heterocycles. The lowest BCUT2D eigenvalue weighted by molar-refractivity contribution is 0.467. The fourth-order valence-electron chi connectivity index (χ4n) is 3.44. The van der Waals surface area contributed by atoms with Gasteiger partial charge in [-0.05, 0) is 42.8 Å². The van der Waals surface area contributed by atoms with Crippen LogP contribution in [0.3, 0.4) is 0 Å². The van der Waals surface area contributed by atoms with E-state index in [9.17, 15) is 10.2 Å². The molecule has 0 fully saturated rings. The molecule has 0 saturated heterocycles. The average molecular weight is 349 g/mol. The normalized spacial score (nSPS) is 13.1. The number of aromatic nitrogens is 3. The van der Waals surface area contributed by atoms with E-state index in [0.717, 1.165) is 39.0 Å². The Kier molecular flexibility index (Phi) is 3.87. The number of aromatic hydroxyl groups is 2. The standard InChI is InChI=1S/C21H23N3O2/c1-11(2)21-23-17-6-7-19(26)15(20(17)24-21)8-12(3)18-10-13-9-14(25)4-5-16(13)22-18/h4-7,9-12,22,25-26H,8H2,1-3H3,(H,23,24). The van der Waals surface area contributed by atoms with Crippen LogP contribution in [0.4, 0.5) is 0 Å². The summed E-state index contributed by atoms with van der Waals surface area (Å²) in [5.41, 5.74) is 4.72. The van der Waals surface area contributed by atoms with Gasteiger partial charge in [-0.15, -0.1) is 0 Å². The van der Waals surface area contributed by atoms with Crippen molar-refractivity contribution in [2.75, 3.05) is 0 Å². The Labute approximate surface area is 151 Å². The Hall–Kier alpha value is -2.95. The van der Waals surface area contributed by atoms with Crippen LogP contribution in [0.15, 0.2) is 36.4 Å². The number of hydrogen-bond acceptors (Lipinski definition) is 3. The van der Waals surface area contributed by atoms with E-state index in [1.54, 1.807) is 18.2 Å². The van der Waals surface area contributed by atoms with Crippen molar-refractivity contribution in [3.63, 3.8) is 0 Å². The zero-order valence-electron chi connectivity index (χ0n) is 15.2. The molecule has 0 saturated carbocycles. The molecule has 4 rings (SSSR count). The maximum atomic E-state index is 10.4. The highest BCUT2D eigenvalue weighted by molar-refractivity contribution is 5.83. The number of rotatable bonds is 4. The topological polar surface area (TPSA) is 84.9 Å². The van der Waals surface area contributed by atoms with Crippen molar-refractivity contribution >= 4 is 21.9 Å². The molecule has 4 aromatic rings. The van der Waals surface area contributed by atoms with Gasteiger partial charge >= 0.3 is 0 Å². The Morgan fingerprint density at radius 2 is 1.73 bits per heavy atom. The first-order valence-corrected chi connectivity index (χ1v) is 8.94. The van der Waals surface area contributed by atoms with E-state index in [1.165, 1.54) is 0 Å². The van der Waals surface area contributed by atoms with Gasteiger partial charge in [-0.3, -0.25) is 0 Å². The molecule has 0 bridgehead atoms. The minimum Gasteiger partial charge on any atom is -0.508 e. The van der Waals surface area contributed by atoms with E-state index in [-0.39, 0.29) is 17.4 Å². The van der Waals surface area contributed by atoms with Gasteiger partial charge in [-0.25, -0.2) is 4.98 Å². The molecule has 0 aliphatic carbocycles. The highest BCUT2D eigenvalue weighted by atomic mass is 16.3.